The molecule has 0 aromatic rings. The third-order valence-corrected chi connectivity index (χ3v) is 1.85. The van der Waals surface area contributed by atoms with Gasteiger partial charge in [0.2, 0.25) is 0 Å². The van der Waals surface area contributed by atoms with Crippen LogP contribution in [0.15, 0.2) is 23.9 Å². The van der Waals surface area contributed by atoms with Crippen LogP contribution in [0.1, 0.15) is 20.3 Å². The number of ether oxygens (including phenoxy) is 1. The van der Waals surface area contributed by atoms with E-state index >= 15 is 0 Å². The topological polar surface area (TPSA) is 29.5 Å². The zero-order valence-corrected chi connectivity index (χ0v) is 9.46. The Balaban J connectivity index is 3.85. The van der Waals surface area contributed by atoms with Gasteiger partial charge in [-0.05, 0) is 13.8 Å². The van der Waals surface area contributed by atoms with Crippen LogP contribution in [0.3, 0.4) is 0 Å². The van der Waals surface area contributed by atoms with E-state index in [0.29, 0.717) is 12.2 Å². The fraction of sp³-hybridized carbons (Fsp3) is 0.545. The lowest BCUT2D eigenvalue weighted by Crippen LogP contribution is -2.14. The van der Waals surface area contributed by atoms with Gasteiger partial charge in [-0.15, -0.1) is 0 Å². The van der Waals surface area contributed by atoms with Crippen LogP contribution >= 0.6 is 0 Å². The fourth-order valence-electron chi connectivity index (χ4n) is 0.998. The number of nitrogens with zero attached hydrogens (tertiary/aromatic N) is 1. The van der Waals surface area contributed by atoms with Crippen LogP contribution in [0.25, 0.3) is 0 Å². The first kappa shape index (κ1) is 12.8. The molecular weight excluding hydrogens is 178 g/mol. The zero-order chi connectivity index (χ0) is 11.1. The van der Waals surface area contributed by atoms with Gasteiger partial charge in [-0.25, -0.2) is 4.79 Å². The highest BCUT2D eigenvalue weighted by Gasteiger charge is 2.04. The van der Waals surface area contributed by atoms with Crippen molar-refractivity contribution >= 4 is 5.97 Å². The van der Waals surface area contributed by atoms with Crippen LogP contribution in [-0.4, -0.2) is 31.6 Å². The number of carbonyl (C=O) groups is 1. The predicted molar refractivity (Wildman–Crippen MR) is 57.8 cm³/mol. The van der Waals surface area contributed by atoms with Crippen LogP contribution < -0.4 is 0 Å². The van der Waals surface area contributed by atoms with Crippen LogP contribution in [0.5, 0.6) is 0 Å². The molecule has 0 rings (SSSR count). The standard InChI is InChI=1S/C11H19NO2/c1-6-10(12(4)5)7-8-14-11(13)9(2)3/h6H,2,7-8H2,1,3-5H3. The largest absolute Gasteiger partial charge is 0.462 e. The molecule has 3 heteroatoms. The van der Waals surface area contributed by atoms with Crippen LogP contribution in [0.4, 0.5) is 0 Å². The monoisotopic (exact) mass is 197 g/mol. The molecule has 0 spiro atoms. The maximum Gasteiger partial charge on any atom is 0.333 e. The van der Waals surface area contributed by atoms with Crippen molar-refractivity contribution < 1.29 is 9.53 Å². The minimum Gasteiger partial charge on any atom is -0.462 e. The molecule has 0 radical (unpaired) electrons. The highest BCUT2D eigenvalue weighted by atomic mass is 16.5. The van der Waals surface area contributed by atoms with Gasteiger partial charge in [-0.2, -0.15) is 0 Å². The van der Waals surface area contributed by atoms with Gasteiger partial charge in [-0.3, -0.25) is 0 Å². The van der Waals surface area contributed by atoms with Crippen molar-refractivity contribution in [2.24, 2.45) is 0 Å². The van der Waals surface area contributed by atoms with Crippen LogP contribution in [0, 0.1) is 0 Å². The predicted octanol–water partition coefficient (Wildman–Crippen LogP) is 1.96. The SMILES string of the molecule is C=C(C)C(=O)OCCC(=CC)N(C)C. The Kier molecular flexibility index (Phi) is 5.68. The summed E-state index contributed by atoms with van der Waals surface area (Å²) in [6, 6.07) is 0. The van der Waals surface area contributed by atoms with Crippen molar-refractivity contribution in [3.05, 3.63) is 23.9 Å². The van der Waals surface area contributed by atoms with Gasteiger partial charge < -0.3 is 9.64 Å². The molecular formula is C11H19NO2. The van der Waals surface area contributed by atoms with E-state index in [1.54, 1.807) is 6.92 Å². The summed E-state index contributed by atoms with van der Waals surface area (Å²) in [4.78, 5) is 13.0. The minimum atomic E-state index is -0.320. The van der Waals surface area contributed by atoms with E-state index in [4.69, 9.17) is 4.74 Å². The van der Waals surface area contributed by atoms with Crippen molar-refractivity contribution in [1.82, 2.24) is 4.90 Å². The lowest BCUT2D eigenvalue weighted by Gasteiger charge is -2.16. The zero-order valence-electron chi connectivity index (χ0n) is 9.46. The van der Waals surface area contributed by atoms with Crippen molar-refractivity contribution in [3.8, 4) is 0 Å². The smallest absolute Gasteiger partial charge is 0.333 e. The molecule has 0 fully saturated rings. The number of allylic oxidation sites excluding steroid dienone is 1. The number of hydrogen-bond acceptors (Lipinski definition) is 3. The second-order valence-corrected chi connectivity index (χ2v) is 3.34. The summed E-state index contributed by atoms with van der Waals surface area (Å²) in [5, 5.41) is 0. The molecule has 0 aromatic carbocycles. The lowest BCUT2D eigenvalue weighted by atomic mass is 10.3. The van der Waals surface area contributed by atoms with Crippen molar-refractivity contribution in [2.75, 3.05) is 20.7 Å². The Morgan fingerprint density at radius 3 is 2.43 bits per heavy atom. The van der Waals surface area contributed by atoms with Gasteiger partial charge in [0.25, 0.3) is 0 Å². The Morgan fingerprint density at radius 1 is 1.50 bits per heavy atom. The average molecular weight is 197 g/mol. The van der Waals surface area contributed by atoms with Crippen LogP contribution in [-0.2, 0) is 9.53 Å². The molecule has 14 heavy (non-hydrogen) atoms. The molecule has 0 heterocycles. The van der Waals surface area contributed by atoms with E-state index in [2.05, 4.69) is 6.58 Å². The molecule has 0 N–H and O–H groups in total. The van der Waals surface area contributed by atoms with E-state index in [-0.39, 0.29) is 5.97 Å². The number of rotatable bonds is 5. The summed E-state index contributed by atoms with van der Waals surface area (Å²) >= 11 is 0. The third kappa shape index (κ3) is 4.70. The second kappa shape index (κ2) is 6.24. The third-order valence-electron chi connectivity index (χ3n) is 1.85. The first-order chi connectivity index (χ1) is 6.49. The molecule has 0 amide bonds. The molecule has 0 aliphatic rings. The van der Waals surface area contributed by atoms with Gasteiger partial charge in [0.15, 0.2) is 0 Å². The first-order valence-corrected chi connectivity index (χ1v) is 4.64. The van der Waals surface area contributed by atoms with Gasteiger partial charge >= 0.3 is 5.97 Å². The Bertz CT molecular complexity index is 242. The van der Waals surface area contributed by atoms with Crippen molar-refractivity contribution in [2.45, 2.75) is 20.3 Å². The molecule has 0 saturated carbocycles. The van der Waals surface area contributed by atoms with Gasteiger partial charge in [0, 0.05) is 31.8 Å². The van der Waals surface area contributed by atoms with E-state index < -0.39 is 0 Å². The molecule has 0 unspecified atom stereocenters. The van der Waals surface area contributed by atoms with E-state index in [9.17, 15) is 4.79 Å². The Labute approximate surface area is 86.0 Å². The second-order valence-electron chi connectivity index (χ2n) is 3.34. The summed E-state index contributed by atoms with van der Waals surface area (Å²) < 4.78 is 4.98. The number of carbonyl (C=O) groups excluding carboxylic acids is 1. The molecule has 0 aliphatic heterocycles. The molecule has 0 bridgehead atoms. The molecule has 0 aromatic heterocycles. The average Bonchev–Trinajstić information content (AvgIpc) is 2.11. The molecule has 80 valence electrons. The van der Waals surface area contributed by atoms with Crippen molar-refractivity contribution in [3.63, 3.8) is 0 Å². The highest BCUT2D eigenvalue weighted by molar-refractivity contribution is 5.86. The number of hydrogen-bond donors (Lipinski definition) is 0. The maximum absolute atomic E-state index is 11.0. The molecule has 3 nitrogen and oxygen atoms in total. The molecule has 0 saturated heterocycles. The Morgan fingerprint density at radius 2 is 2.07 bits per heavy atom. The number of esters is 1. The molecule has 0 atom stereocenters. The quantitative estimate of drug-likeness (QED) is 0.498. The van der Waals surface area contributed by atoms with Gasteiger partial charge in [-0.1, -0.05) is 12.7 Å². The van der Waals surface area contributed by atoms with Crippen LogP contribution in [0.2, 0.25) is 0 Å². The Hall–Kier alpha value is -1.25. The minimum absolute atomic E-state index is 0.320. The van der Waals surface area contributed by atoms with Gasteiger partial charge in [0.05, 0.1) is 6.61 Å². The summed E-state index contributed by atoms with van der Waals surface area (Å²) in [7, 11) is 3.94. The summed E-state index contributed by atoms with van der Waals surface area (Å²) in [5.41, 5.74) is 1.59. The normalized spacial score (nSPS) is 11.0. The summed E-state index contributed by atoms with van der Waals surface area (Å²) in [6.07, 6.45) is 2.75. The van der Waals surface area contributed by atoms with Crippen molar-refractivity contribution in [1.29, 1.82) is 0 Å². The highest BCUT2D eigenvalue weighted by Crippen LogP contribution is 2.05. The fourth-order valence-corrected chi connectivity index (χ4v) is 0.998. The summed E-state index contributed by atoms with van der Waals surface area (Å²) in [5.74, 6) is -0.320. The van der Waals surface area contributed by atoms with E-state index in [1.807, 2.05) is 32.0 Å². The summed E-state index contributed by atoms with van der Waals surface area (Å²) in [6.45, 7) is 7.53. The van der Waals surface area contributed by atoms with E-state index in [0.717, 1.165) is 12.1 Å². The van der Waals surface area contributed by atoms with Gasteiger partial charge in [0.1, 0.15) is 0 Å². The maximum atomic E-state index is 11.0. The first-order valence-electron chi connectivity index (χ1n) is 4.64. The lowest BCUT2D eigenvalue weighted by molar-refractivity contribution is -0.138. The van der Waals surface area contributed by atoms with E-state index in [1.165, 1.54) is 0 Å². The molecule has 0 aliphatic carbocycles.